The maximum Gasteiger partial charge on any atom is 0.349 e. The van der Waals surface area contributed by atoms with Gasteiger partial charge in [0.2, 0.25) is 0 Å². The number of alkyl halides is 3. The molecule has 0 aromatic rings. The number of ether oxygens (including phenoxy) is 1. The quantitative estimate of drug-likeness (QED) is 0.407. The number of hydrogen-bond acceptors (Lipinski definition) is 6. The summed E-state index contributed by atoms with van der Waals surface area (Å²) >= 11 is 16.7. The van der Waals surface area contributed by atoms with E-state index in [1.807, 2.05) is 41.5 Å². The molecule has 2 heterocycles. The lowest BCUT2D eigenvalue weighted by Gasteiger charge is -2.57. The number of amides is 1. The van der Waals surface area contributed by atoms with Crippen LogP contribution in [-0.2, 0) is 18.4 Å². The Bertz CT molecular complexity index is 560. The van der Waals surface area contributed by atoms with Gasteiger partial charge in [-0.2, -0.15) is 0 Å². The van der Waals surface area contributed by atoms with E-state index in [0.717, 1.165) is 0 Å². The van der Waals surface area contributed by atoms with Gasteiger partial charge in [-0.25, -0.2) is 0 Å². The molecule has 0 spiro atoms. The SMILES string of the molecule is CC(C)(C)[Si]1(C(C)(C)C)OC[C@H]2OC(O)[C@H](NC(=O)C(Cl)(Cl)Cl)[C@@H](O)[C@@H]2O1. The molecule has 2 fully saturated rings. The molecule has 3 N–H and O–H groups in total. The minimum Gasteiger partial charge on any atom is -0.391 e. The van der Waals surface area contributed by atoms with Crippen LogP contribution in [0.4, 0.5) is 0 Å². The predicted molar refractivity (Wildman–Crippen MR) is 105 cm³/mol. The molecule has 11 heteroatoms. The highest BCUT2D eigenvalue weighted by molar-refractivity contribution is 6.76. The average Bonchev–Trinajstić information content (AvgIpc) is 2.47. The number of hydrogen-bond donors (Lipinski definition) is 3. The highest BCUT2D eigenvalue weighted by Crippen LogP contribution is 2.55. The van der Waals surface area contributed by atoms with Crippen molar-refractivity contribution in [3.63, 3.8) is 0 Å². The van der Waals surface area contributed by atoms with Gasteiger partial charge in [0.1, 0.15) is 24.4 Å². The standard InChI is InChI=1S/C16H28Cl3NO6Si/c1-14(2,3)27(15(4,5)6)24-7-8-11(26-27)10(21)9(12(22)25-8)20-13(23)16(17,18)19/h8-12,21-22H,7H2,1-6H3,(H,20,23)/t8-,9-,10-,11-,12?/m1/s1. The number of halogens is 3. The van der Waals surface area contributed by atoms with E-state index >= 15 is 0 Å². The second-order valence-electron chi connectivity index (χ2n) is 9.06. The van der Waals surface area contributed by atoms with Crippen LogP contribution in [0.25, 0.3) is 0 Å². The molecule has 0 aromatic heterocycles. The number of fused-ring (bicyclic) bond motifs is 1. The predicted octanol–water partition coefficient (Wildman–Crippen LogP) is 2.38. The molecule has 2 aliphatic rings. The summed E-state index contributed by atoms with van der Waals surface area (Å²) in [7, 11) is -2.88. The Hall–Kier alpha value is 0.357. The first-order valence-corrected chi connectivity index (χ1v) is 11.7. The van der Waals surface area contributed by atoms with Gasteiger partial charge in [-0.05, 0) is 0 Å². The molecule has 1 unspecified atom stereocenters. The fourth-order valence-corrected chi connectivity index (χ4v) is 9.07. The Morgan fingerprint density at radius 3 is 2.04 bits per heavy atom. The second kappa shape index (κ2) is 7.56. The van der Waals surface area contributed by atoms with Gasteiger partial charge in [0.05, 0.1) is 6.61 Å². The number of aliphatic hydroxyl groups is 2. The largest absolute Gasteiger partial charge is 0.391 e. The van der Waals surface area contributed by atoms with E-state index < -0.39 is 48.9 Å². The van der Waals surface area contributed by atoms with E-state index in [1.54, 1.807) is 0 Å². The Labute approximate surface area is 175 Å². The molecule has 1 amide bonds. The lowest BCUT2D eigenvalue weighted by atomic mass is 9.97. The maximum absolute atomic E-state index is 12.0. The van der Waals surface area contributed by atoms with Crippen LogP contribution in [0.15, 0.2) is 0 Å². The lowest BCUT2D eigenvalue weighted by molar-refractivity contribution is -0.265. The van der Waals surface area contributed by atoms with Crippen LogP contribution in [-0.4, -0.2) is 65.7 Å². The van der Waals surface area contributed by atoms with Crippen molar-refractivity contribution in [2.45, 2.75) is 86.1 Å². The van der Waals surface area contributed by atoms with Gasteiger partial charge < -0.3 is 29.1 Å². The molecule has 0 bridgehead atoms. The van der Waals surface area contributed by atoms with E-state index in [2.05, 4.69) is 5.32 Å². The zero-order chi connectivity index (χ0) is 21.0. The van der Waals surface area contributed by atoms with Gasteiger partial charge in [0.15, 0.2) is 6.29 Å². The topological polar surface area (TPSA) is 97.2 Å². The molecule has 2 saturated heterocycles. The Morgan fingerprint density at radius 2 is 1.59 bits per heavy atom. The van der Waals surface area contributed by atoms with E-state index in [-0.39, 0.29) is 16.7 Å². The number of carbonyl (C=O) groups excluding carboxylic acids is 1. The van der Waals surface area contributed by atoms with Gasteiger partial charge in [0.25, 0.3) is 9.70 Å². The third-order valence-electron chi connectivity index (χ3n) is 4.98. The monoisotopic (exact) mass is 463 g/mol. The van der Waals surface area contributed by atoms with Gasteiger partial charge in [-0.3, -0.25) is 4.79 Å². The molecule has 2 rings (SSSR count). The average molecular weight is 465 g/mol. The Balaban J connectivity index is 2.31. The minimum absolute atomic E-state index is 0.171. The zero-order valence-electron chi connectivity index (χ0n) is 16.3. The first-order valence-electron chi connectivity index (χ1n) is 8.72. The van der Waals surface area contributed by atoms with Crippen LogP contribution in [0.5, 0.6) is 0 Å². The molecule has 7 nitrogen and oxygen atoms in total. The van der Waals surface area contributed by atoms with Crippen LogP contribution in [0.1, 0.15) is 41.5 Å². The first kappa shape index (κ1) is 23.6. The molecule has 0 saturated carbocycles. The molecule has 2 aliphatic heterocycles. The van der Waals surface area contributed by atoms with E-state index in [0.29, 0.717) is 0 Å². The Morgan fingerprint density at radius 1 is 1.07 bits per heavy atom. The van der Waals surface area contributed by atoms with Crippen LogP contribution in [0, 0.1) is 0 Å². The third-order valence-corrected chi connectivity index (χ3v) is 10.6. The van der Waals surface area contributed by atoms with Crippen molar-refractivity contribution in [1.29, 1.82) is 0 Å². The van der Waals surface area contributed by atoms with Gasteiger partial charge >= 0.3 is 8.56 Å². The number of nitrogens with one attached hydrogen (secondary N) is 1. The molecule has 158 valence electrons. The van der Waals surface area contributed by atoms with E-state index in [9.17, 15) is 15.0 Å². The van der Waals surface area contributed by atoms with Crippen molar-refractivity contribution in [3.05, 3.63) is 0 Å². The summed E-state index contributed by atoms with van der Waals surface area (Å²) in [6.45, 7) is 12.4. The molecule has 0 aliphatic carbocycles. The number of rotatable bonds is 1. The van der Waals surface area contributed by atoms with Gasteiger partial charge in [-0.15, -0.1) is 0 Å². The minimum atomic E-state index is -2.88. The lowest BCUT2D eigenvalue weighted by Crippen LogP contribution is -2.73. The summed E-state index contributed by atoms with van der Waals surface area (Å²) < 4.78 is 16.0. The van der Waals surface area contributed by atoms with Crippen molar-refractivity contribution in [2.75, 3.05) is 6.61 Å². The van der Waals surface area contributed by atoms with Crippen molar-refractivity contribution in [3.8, 4) is 0 Å². The van der Waals surface area contributed by atoms with Gasteiger partial charge in [0, 0.05) is 10.1 Å². The zero-order valence-corrected chi connectivity index (χ0v) is 19.5. The van der Waals surface area contributed by atoms with Gasteiger partial charge in [-0.1, -0.05) is 76.3 Å². The van der Waals surface area contributed by atoms with Crippen molar-refractivity contribution >= 4 is 49.3 Å². The Kier molecular flexibility index (Phi) is 6.61. The summed E-state index contributed by atoms with van der Waals surface area (Å²) in [6.07, 6.45) is -4.24. The van der Waals surface area contributed by atoms with Crippen LogP contribution >= 0.6 is 34.8 Å². The van der Waals surface area contributed by atoms with Crippen molar-refractivity contribution < 1.29 is 28.6 Å². The van der Waals surface area contributed by atoms with Crippen LogP contribution in [0.3, 0.4) is 0 Å². The molecule has 5 atom stereocenters. The highest BCUT2D eigenvalue weighted by atomic mass is 35.6. The number of carbonyl (C=O) groups is 1. The summed E-state index contributed by atoms with van der Waals surface area (Å²) in [5.74, 6) is -0.972. The van der Waals surface area contributed by atoms with Crippen molar-refractivity contribution in [1.82, 2.24) is 5.32 Å². The summed E-state index contributed by atoms with van der Waals surface area (Å²) in [4.78, 5) is 12.0. The molecule has 27 heavy (non-hydrogen) atoms. The summed E-state index contributed by atoms with van der Waals surface area (Å²) in [6, 6.07) is -1.21. The van der Waals surface area contributed by atoms with Crippen molar-refractivity contribution in [2.24, 2.45) is 0 Å². The molecule has 0 radical (unpaired) electrons. The molecular formula is C16H28Cl3NO6Si. The first-order chi connectivity index (χ1) is 12.0. The fraction of sp³-hybridized carbons (Fsp3) is 0.938. The smallest absolute Gasteiger partial charge is 0.349 e. The maximum atomic E-state index is 12.0. The van der Waals surface area contributed by atoms with E-state index in [1.165, 1.54) is 0 Å². The number of aliphatic hydroxyl groups excluding tert-OH is 2. The summed E-state index contributed by atoms with van der Waals surface area (Å²) in [5.41, 5.74) is 0. The normalized spacial score (nSPS) is 34.7. The fourth-order valence-electron chi connectivity index (χ4n) is 3.94. The van der Waals surface area contributed by atoms with E-state index in [4.69, 9.17) is 48.4 Å². The van der Waals surface area contributed by atoms with Crippen LogP contribution in [0.2, 0.25) is 10.1 Å². The third kappa shape index (κ3) is 4.44. The highest BCUT2D eigenvalue weighted by Gasteiger charge is 2.64. The summed E-state index contributed by atoms with van der Waals surface area (Å²) in [5, 5.41) is 22.8. The second-order valence-corrected chi connectivity index (χ2v) is 16.1. The van der Waals surface area contributed by atoms with Crippen LogP contribution < -0.4 is 5.32 Å². The molecular weight excluding hydrogens is 437 g/mol. The molecule has 0 aromatic carbocycles.